The summed E-state index contributed by atoms with van der Waals surface area (Å²) in [5, 5.41) is 0. The van der Waals surface area contributed by atoms with Gasteiger partial charge >= 0.3 is 0 Å². The van der Waals surface area contributed by atoms with E-state index in [0.29, 0.717) is 25.3 Å². The van der Waals surface area contributed by atoms with Crippen LogP contribution in [0.25, 0.3) is 0 Å². The van der Waals surface area contributed by atoms with Gasteiger partial charge in [0.15, 0.2) is 0 Å². The van der Waals surface area contributed by atoms with Gasteiger partial charge in [0.2, 0.25) is 10.0 Å². The van der Waals surface area contributed by atoms with Crippen molar-refractivity contribution in [1.82, 2.24) is 9.62 Å². The van der Waals surface area contributed by atoms with Gasteiger partial charge in [-0.15, -0.1) is 0 Å². The third-order valence-electron chi connectivity index (χ3n) is 5.04. The molecular formula is C22H28N2O5S. The van der Waals surface area contributed by atoms with Crippen LogP contribution in [0.3, 0.4) is 0 Å². The topological polar surface area (TPSA) is 84.9 Å². The first-order chi connectivity index (χ1) is 14.4. The highest BCUT2D eigenvalue weighted by Crippen LogP contribution is 2.17. The number of rotatable bonds is 9. The molecule has 1 unspecified atom stereocenters. The Morgan fingerprint density at radius 1 is 1.23 bits per heavy atom. The zero-order chi connectivity index (χ0) is 21.6. The fourth-order valence-corrected chi connectivity index (χ4v) is 4.33. The van der Waals surface area contributed by atoms with Crippen molar-refractivity contribution in [2.75, 3.05) is 33.4 Å². The molecule has 0 spiro atoms. The normalized spacial score (nSPS) is 16.4. The Morgan fingerprint density at radius 2 is 2.03 bits per heavy atom. The van der Waals surface area contributed by atoms with Crippen LogP contribution in [0.5, 0.6) is 5.75 Å². The summed E-state index contributed by atoms with van der Waals surface area (Å²) < 4.78 is 38.9. The number of ether oxygens (including phenoxy) is 2. The molecule has 1 heterocycles. The quantitative estimate of drug-likeness (QED) is 0.658. The van der Waals surface area contributed by atoms with Crippen molar-refractivity contribution in [2.45, 2.75) is 30.8 Å². The second-order valence-corrected chi connectivity index (χ2v) is 9.12. The minimum Gasteiger partial charge on any atom is -0.491 e. The van der Waals surface area contributed by atoms with Crippen molar-refractivity contribution in [2.24, 2.45) is 0 Å². The number of para-hydroxylation sites is 1. The number of nitrogens with one attached hydrogen (secondary N) is 1. The summed E-state index contributed by atoms with van der Waals surface area (Å²) in [4.78, 5) is 14.3. The van der Waals surface area contributed by atoms with Gasteiger partial charge < -0.3 is 14.4 Å². The Balaban J connectivity index is 1.58. The average molecular weight is 433 g/mol. The van der Waals surface area contributed by atoms with E-state index in [4.69, 9.17) is 9.47 Å². The Bertz CT molecular complexity index is 971. The number of carbonyl (C=O) groups is 1. The molecule has 0 bridgehead atoms. The molecule has 1 atom stereocenters. The summed E-state index contributed by atoms with van der Waals surface area (Å²) in [5.41, 5.74) is 1.34. The van der Waals surface area contributed by atoms with Crippen LogP contribution in [0.4, 0.5) is 0 Å². The van der Waals surface area contributed by atoms with E-state index in [1.54, 1.807) is 19.2 Å². The molecule has 0 aromatic heterocycles. The van der Waals surface area contributed by atoms with Gasteiger partial charge in [-0.05, 0) is 49.6 Å². The number of hydrogen-bond donors (Lipinski definition) is 1. The fourth-order valence-electron chi connectivity index (χ4n) is 3.22. The number of hydrogen-bond acceptors (Lipinski definition) is 5. The van der Waals surface area contributed by atoms with Crippen molar-refractivity contribution in [3.05, 3.63) is 59.7 Å². The molecule has 2 aromatic rings. The molecule has 1 aliphatic rings. The first kappa shape index (κ1) is 22.3. The van der Waals surface area contributed by atoms with Gasteiger partial charge in [-0.3, -0.25) is 4.79 Å². The van der Waals surface area contributed by atoms with Crippen LogP contribution in [0, 0.1) is 6.92 Å². The Labute approximate surface area is 178 Å². The molecule has 2 aromatic carbocycles. The lowest BCUT2D eigenvalue weighted by atomic mass is 10.2. The molecule has 1 N–H and O–H groups in total. The zero-order valence-electron chi connectivity index (χ0n) is 17.3. The molecule has 8 heteroatoms. The van der Waals surface area contributed by atoms with Gasteiger partial charge in [0.25, 0.3) is 5.91 Å². The Hall–Kier alpha value is -2.42. The van der Waals surface area contributed by atoms with E-state index in [9.17, 15) is 13.2 Å². The van der Waals surface area contributed by atoms with Crippen molar-refractivity contribution in [3.8, 4) is 5.75 Å². The summed E-state index contributed by atoms with van der Waals surface area (Å²) in [6, 6.07) is 13.8. The Morgan fingerprint density at radius 3 is 2.77 bits per heavy atom. The molecule has 0 aliphatic carbocycles. The molecule has 1 aliphatic heterocycles. The van der Waals surface area contributed by atoms with Crippen LogP contribution < -0.4 is 9.46 Å². The summed E-state index contributed by atoms with van der Waals surface area (Å²) in [7, 11) is -2.05. The summed E-state index contributed by atoms with van der Waals surface area (Å²) in [6.45, 7) is 3.57. The predicted octanol–water partition coefficient (Wildman–Crippen LogP) is 2.60. The number of benzene rings is 2. The molecule has 30 heavy (non-hydrogen) atoms. The number of amides is 1. The summed E-state index contributed by atoms with van der Waals surface area (Å²) >= 11 is 0. The van der Waals surface area contributed by atoms with E-state index in [1.807, 2.05) is 31.2 Å². The van der Waals surface area contributed by atoms with E-state index in [0.717, 1.165) is 24.2 Å². The first-order valence-corrected chi connectivity index (χ1v) is 11.5. The van der Waals surface area contributed by atoms with Gasteiger partial charge in [-0.25, -0.2) is 13.1 Å². The second-order valence-electron chi connectivity index (χ2n) is 7.36. The SMILES string of the molecule is Cc1ccccc1OCCN(C)C(=O)c1cccc(S(=O)(=O)NCC2CCCO2)c1. The maximum atomic E-state index is 12.7. The predicted molar refractivity (Wildman–Crippen MR) is 114 cm³/mol. The minimum absolute atomic E-state index is 0.0657. The van der Waals surface area contributed by atoms with Crippen molar-refractivity contribution in [3.63, 3.8) is 0 Å². The molecule has 7 nitrogen and oxygen atoms in total. The van der Waals surface area contributed by atoms with Crippen LogP contribution in [0.1, 0.15) is 28.8 Å². The molecule has 1 fully saturated rings. The number of aryl methyl sites for hydroxylation is 1. The molecule has 1 amide bonds. The molecule has 0 saturated carbocycles. The van der Waals surface area contributed by atoms with Crippen molar-refractivity contribution in [1.29, 1.82) is 0 Å². The lowest BCUT2D eigenvalue weighted by molar-refractivity contribution is 0.0773. The monoisotopic (exact) mass is 432 g/mol. The van der Waals surface area contributed by atoms with Crippen LogP contribution in [0.15, 0.2) is 53.4 Å². The fraction of sp³-hybridized carbons (Fsp3) is 0.409. The van der Waals surface area contributed by atoms with Gasteiger partial charge in [0.1, 0.15) is 12.4 Å². The standard InChI is InChI=1S/C22H28N2O5S/c1-17-7-3-4-11-21(17)29-14-12-24(2)22(25)18-8-5-10-20(15-18)30(26,27)23-16-19-9-6-13-28-19/h3-5,7-8,10-11,15,19,23H,6,9,12-14,16H2,1-2H3. The molecule has 3 rings (SSSR count). The second kappa shape index (κ2) is 10.1. The molecule has 1 saturated heterocycles. The van der Waals surface area contributed by atoms with E-state index in [-0.39, 0.29) is 23.5 Å². The maximum Gasteiger partial charge on any atom is 0.253 e. The molecule has 162 valence electrons. The van der Waals surface area contributed by atoms with Gasteiger partial charge in [0, 0.05) is 25.8 Å². The highest BCUT2D eigenvalue weighted by molar-refractivity contribution is 7.89. The average Bonchev–Trinajstić information content (AvgIpc) is 3.27. The third-order valence-corrected chi connectivity index (χ3v) is 6.46. The number of sulfonamides is 1. The van der Waals surface area contributed by atoms with E-state index in [1.165, 1.54) is 17.0 Å². The first-order valence-electron chi connectivity index (χ1n) is 10.0. The molecular weight excluding hydrogens is 404 g/mol. The smallest absolute Gasteiger partial charge is 0.253 e. The number of carbonyl (C=O) groups excluding carboxylic acids is 1. The van der Waals surface area contributed by atoms with Crippen LogP contribution in [-0.2, 0) is 14.8 Å². The molecule has 0 radical (unpaired) electrons. The van der Waals surface area contributed by atoms with Crippen molar-refractivity contribution >= 4 is 15.9 Å². The van der Waals surface area contributed by atoms with Crippen LogP contribution in [-0.4, -0.2) is 58.7 Å². The highest BCUT2D eigenvalue weighted by atomic mass is 32.2. The van der Waals surface area contributed by atoms with E-state index in [2.05, 4.69) is 4.72 Å². The van der Waals surface area contributed by atoms with Crippen molar-refractivity contribution < 1.29 is 22.7 Å². The lowest BCUT2D eigenvalue weighted by Gasteiger charge is -2.18. The maximum absolute atomic E-state index is 12.7. The summed E-state index contributed by atoms with van der Waals surface area (Å²) in [6.07, 6.45) is 1.69. The van der Waals surface area contributed by atoms with Gasteiger partial charge in [0.05, 0.1) is 17.5 Å². The largest absolute Gasteiger partial charge is 0.491 e. The van der Waals surface area contributed by atoms with Gasteiger partial charge in [-0.2, -0.15) is 0 Å². The third kappa shape index (κ3) is 5.81. The summed E-state index contributed by atoms with van der Waals surface area (Å²) in [5.74, 6) is 0.517. The Kier molecular flexibility index (Phi) is 7.47. The van der Waals surface area contributed by atoms with E-state index >= 15 is 0 Å². The van der Waals surface area contributed by atoms with E-state index < -0.39 is 10.0 Å². The van der Waals surface area contributed by atoms with Crippen LogP contribution in [0.2, 0.25) is 0 Å². The van der Waals surface area contributed by atoms with Crippen LogP contribution >= 0.6 is 0 Å². The van der Waals surface area contributed by atoms with Gasteiger partial charge in [-0.1, -0.05) is 24.3 Å². The number of nitrogens with zero attached hydrogens (tertiary/aromatic N) is 1. The zero-order valence-corrected chi connectivity index (χ0v) is 18.2. The minimum atomic E-state index is -3.71. The lowest BCUT2D eigenvalue weighted by Crippen LogP contribution is -2.33. The highest BCUT2D eigenvalue weighted by Gasteiger charge is 2.21. The number of likely N-dealkylation sites (N-methyl/N-ethyl adjacent to an activating group) is 1.